The Kier molecular flexibility index (Phi) is 2.18. The van der Waals surface area contributed by atoms with Crippen molar-refractivity contribution in [2.24, 2.45) is 5.41 Å². The number of carboxylic acids is 1. The van der Waals surface area contributed by atoms with Gasteiger partial charge in [0, 0.05) is 12.7 Å². The van der Waals surface area contributed by atoms with Gasteiger partial charge in [0.1, 0.15) is 0 Å². The van der Waals surface area contributed by atoms with Gasteiger partial charge in [-0.3, -0.25) is 14.7 Å². The van der Waals surface area contributed by atoms with E-state index in [0.717, 1.165) is 0 Å². The summed E-state index contributed by atoms with van der Waals surface area (Å²) in [4.78, 5) is 22.3. The smallest absolute Gasteiger partial charge is 0.311 e. The highest BCUT2D eigenvalue weighted by Gasteiger charge is 2.50. The number of aromatic amines is 1. The molecule has 0 saturated heterocycles. The van der Waals surface area contributed by atoms with Crippen molar-refractivity contribution in [3.8, 4) is 0 Å². The molecule has 1 aliphatic rings. The number of carbonyl (C=O) groups is 2. The van der Waals surface area contributed by atoms with Crippen LogP contribution >= 0.6 is 0 Å². The van der Waals surface area contributed by atoms with Gasteiger partial charge in [0.05, 0.1) is 17.2 Å². The molecular weight excluding hydrogens is 198 g/mol. The van der Waals surface area contributed by atoms with Crippen molar-refractivity contribution >= 4 is 11.9 Å². The fourth-order valence-electron chi connectivity index (χ4n) is 1.34. The lowest BCUT2D eigenvalue weighted by Gasteiger charge is -2.09. The first-order valence-electron chi connectivity index (χ1n) is 4.64. The van der Waals surface area contributed by atoms with Crippen molar-refractivity contribution in [1.82, 2.24) is 15.5 Å². The van der Waals surface area contributed by atoms with Crippen molar-refractivity contribution in [2.45, 2.75) is 12.8 Å². The molecule has 0 spiro atoms. The van der Waals surface area contributed by atoms with Crippen LogP contribution in [0.15, 0.2) is 12.4 Å². The Morgan fingerprint density at radius 3 is 2.80 bits per heavy atom. The van der Waals surface area contributed by atoms with E-state index in [1.807, 2.05) is 0 Å². The molecule has 0 bridgehead atoms. The van der Waals surface area contributed by atoms with Gasteiger partial charge in [0.25, 0.3) is 5.91 Å². The molecule has 80 valence electrons. The quantitative estimate of drug-likeness (QED) is 0.650. The van der Waals surface area contributed by atoms with Crippen LogP contribution in [0.3, 0.4) is 0 Å². The predicted octanol–water partition coefficient (Wildman–Crippen LogP) is 0.00430. The Morgan fingerprint density at radius 2 is 2.33 bits per heavy atom. The number of hydrogen-bond acceptors (Lipinski definition) is 3. The molecule has 1 aliphatic carbocycles. The van der Waals surface area contributed by atoms with E-state index < -0.39 is 11.4 Å². The Labute approximate surface area is 85.7 Å². The molecule has 15 heavy (non-hydrogen) atoms. The summed E-state index contributed by atoms with van der Waals surface area (Å²) in [6.07, 6.45) is 4.13. The summed E-state index contributed by atoms with van der Waals surface area (Å²) in [5.41, 5.74) is -0.310. The summed E-state index contributed by atoms with van der Waals surface area (Å²) < 4.78 is 0. The van der Waals surface area contributed by atoms with Crippen LogP contribution < -0.4 is 5.32 Å². The molecule has 6 nitrogen and oxygen atoms in total. The number of carbonyl (C=O) groups excluding carboxylic acids is 1. The summed E-state index contributed by atoms with van der Waals surface area (Å²) in [5, 5.41) is 17.6. The van der Waals surface area contributed by atoms with Gasteiger partial charge in [0.2, 0.25) is 0 Å². The number of nitrogens with zero attached hydrogens (tertiary/aromatic N) is 1. The maximum Gasteiger partial charge on any atom is 0.311 e. The molecule has 2 rings (SSSR count). The van der Waals surface area contributed by atoms with E-state index in [4.69, 9.17) is 5.11 Å². The van der Waals surface area contributed by atoms with Gasteiger partial charge in [-0.25, -0.2) is 0 Å². The largest absolute Gasteiger partial charge is 0.481 e. The van der Waals surface area contributed by atoms with E-state index in [0.29, 0.717) is 18.4 Å². The zero-order valence-corrected chi connectivity index (χ0v) is 7.99. The van der Waals surface area contributed by atoms with Crippen molar-refractivity contribution in [3.63, 3.8) is 0 Å². The lowest BCUT2D eigenvalue weighted by Crippen LogP contribution is -2.34. The molecular formula is C9H11N3O3. The van der Waals surface area contributed by atoms with Crippen LogP contribution in [-0.4, -0.2) is 33.7 Å². The normalized spacial score (nSPS) is 17.1. The van der Waals surface area contributed by atoms with Crippen LogP contribution in [-0.2, 0) is 4.79 Å². The number of hydrogen-bond donors (Lipinski definition) is 3. The van der Waals surface area contributed by atoms with Crippen LogP contribution in [0.5, 0.6) is 0 Å². The van der Waals surface area contributed by atoms with Crippen LogP contribution in [0, 0.1) is 5.41 Å². The molecule has 6 heteroatoms. The number of rotatable bonds is 4. The fraction of sp³-hybridized carbons (Fsp3) is 0.444. The molecule has 1 amide bonds. The third-order valence-corrected chi connectivity index (χ3v) is 2.65. The van der Waals surface area contributed by atoms with E-state index in [1.54, 1.807) is 0 Å². The summed E-state index contributed by atoms with van der Waals surface area (Å²) >= 11 is 0. The average Bonchev–Trinajstić information content (AvgIpc) is 2.80. The zero-order valence-electron chi connectivity index (χ0n) is 7.99. The van der Waals surface area contributed by atoms with Gasteiger partial charge in [0.15, 0.2) is 0 Å². The minimum Gasteiger partial charge on any atom is -0.481 e. The first-order valence-corrected chi connectivity index (χ1v) is 4.64. The third-order valence-electron chi connectivity index (χ3n) is 2.65. The topological polar surface area (TPSA) is 95.1 Å². The van der Waals surface area contributed by atoms with Crippen molar-refractivity contribution < 1.29 is 14.7 Å². The van der Waals surface area contributed by atoms with Gasteiger partial charge in [-0.05, 0) is 12.8 Å². The Balaban J connectivity index is 1.89. The Hall–Kier alpha value is -1.85. The van der Waals surface area contributed by atoms with Crippen LogP contribution in [0.1, 0.15) is 23.2 Å². The molecule has 1 fully saturated rings. The fourth-order valence-corrected chi connectivity index (χ4v) is 1.34. The number of amides is 1. The predicted molar refractivity (Wildman–Crippen MR) is 50.2 cm³/mol. The highest BCUT2D eigenvalue weighted by molar-refractivity contribution is 5.94. The van der Waals surface area contributed by atoms with Gasteiger partial charge >= 0.3 is 5.97 Å². The number of H-pyrrole nitrogens is 1. The minimum absolute atomic E-state index is 0.187. The summed E-state index contributed by atoms with van der Waals surface area (Å²) in [7, 11) is 0. The SMILES string of the molecule is O=C(NCC1(C(=O)O)CC1)c1cn[nH]c1. The highest BCUT2D eigenvalue weighted by atomic mass is 16.4. The van der Waals surface area contributed by atoms with E-state index >= 15 is 0 Å². The summed E-state index contributed by atoms with van der Waals surface area (Å²) in [6, 6.07) is 0. The number of carboxylic acid groups (broad SMARTS) is 1. The second-order valence-electron chi connectivity index (χ2n) is 3.76. The third kappa shape index (κ3) is 1.83. The number of aliphatic carboxylic acids is 1. The molecule has 1 aromatic heterocycles. The monoisotopic (exact) mass is 209 g/mol. The van der Waals surface area contributed by atoms with Crippen LogP contribution in [0.25, 0.3) is 0 Å². The van der Waals surface area contributed by atoms with E-state index in [9.17, 15) is 9.59 Å². The van der Waals surface area contributed by atoms with Crippen molar-refractivity contribution in [3.05, 3.63) is 18.0 Å². The van der Waals surface area contributed by atoms with E-state index in [-0.39, 0.29) is 12.5 Å². The molecule has 1 aromatic rings. The molecule has 1 heterocycles. The molecule has 0 atom stereocenters. The van der Waals surface area contributed by atoms with Crippen LogP contribution in [0.2, 0.25) is 0 Å². The van der Waals surface area contributed by atoms with Crippen molar-refractivity contribution in [1.29, 1.82) is 0 Å². The molecule has 0 aliphatic heterocycles. The first-order chi connectivity index (χ1) is 7.14. The number of aromatic nitrogens is 2. The Morgan fingerprint density at radius 1 is 1.60 bits per heavy atom. The summed E-state index contributed by atoms with van der Waals surface area (Å²) in [5.74, 6) is -1.13. The first kappa shape index (κ1) is 9.70. The molecule has 1 saturated carbocycles. The number of nitrogens with one attached hydrogen (secondary N) is 2. The zero-order chi connectivity index (χ0) is 10.9. The standard InChI is InChI=1S/C9H11N3O3/c13-7(6-3-11-12-4-6)10-5-9(1-2-9)8(14)15/h3-4H,1-2,5H2,(H,10,13)(H,11,12)(H,14,15). The van der Waals surface area contributed by atoms with Crippen LogP contribution in [0.4, 0.5) is 0 Å². The van der Waals surface area contributed by atoms with Gasteiger partial charge < -0.3 is 10.4 Å². The minimum atomic E-state index is -0.838. The average molecular weight is 209 g/mol. The second kappa shape index (κ2) is 3.38. The molecule has 0 unspecified atom stereocenters. The maximum absolute atomic E-state index is 11.4. The highest BCUT2D eigenvalue weighted by Crippen LogP contribution is 2.45. The van der Waals surface area contributed by atoms with Crippen molar-refractivity contribution in [2.75, 3.05) is 6.54 Å². The summed E-state index contributed by atoms with van der Waals surface area (Å²) in [6.45, 7) is 0.187. The lowest BCUT2D eigenvalue weighted by atomic mass is 10.1. The van der Waals surface area contributed by atoms with E-state index in [2.05, 4.69) is 15.5 Å². The van der Waals surface area contributed by atoms with Gasteiger partial charge in [-0.1, -0.05) is 0 Å². The van der Waals surface area contributed by atoms with Gasteiger partial charge in [-0.2, -0.15) is 5.10 Å². The molecule has 3 N–H and O–H groups in total. The molecule has 0 aromatic carbocycles. The van der Waals surface area contributed by atoms with Gasteiger partial charge in [-0.15, -0.1) is 0 Å². The Bertz CT molecular complexity index is 381. The molecule has 0 radical (unpaired) electrons. The van der Waals surface area contributed by atoms with E-state index in [1.165, 1.54) is 12.4 Å². The second-order valence-corrected chi connectivity index (χ2v) is 3.76. The lowest BCUT2D eigenvalue weighted by molar-refractivity contribution is -0.143. The maximum atomic E-state index is 11.4.